The number of hydrogen-bond donors (Lipinski definition) is 2. The van der Waals surface area contributed by atoms with Crippen LogP contribution in [0.4, 0.5) is 0 Å². The number of hydrogen-bond acceptors (Lipinski definition) is 4. The summed E-state index contributed by atoms with van der Waals surface area (Å²) in [6.07, 6.45) is 0.487. The first kappa shape index (κ1) is 14.1. The Morgan fingerprint density at radius 2 is 2.25 bits per heavy atom. The lowest BCUT2D eigenvalue weighted by atomic mass is 10.1. The van der Waals surface area contributed by atoms with Crippen LogP contribution in [0, 0.1) is 0 Å². The summed E-state index contributed by atoms with van der Waals surface area (Å²) in [6, 6.07) is 1.68. The van der Waals surface area contributed by atoms with Gasteiger partial charge in [-0.1, -0.05) is 6.92 Å². The van der Waals surface area contributed by atoms with Crippen LogP contribution < -0.4 is 4.72 Å². The fraction of sp³-hybridized carbons (Fsp3) is 0.556. The van der Waals surface area contributed by atoms with Gasteiger partial charge in [-0.25, -0.2) is 13.1 Å². The Bertz CT molecular complexity index is 453. The van der Waals surface area contributed by atoms with Crippen LogP contribution in [0.2, 0.25) is 0 Å². The highest BCUT2D eigenvalue weighted by atomic mass is 79.9. The van der Waals surface area contributed by atoms with E-state index in [1.54, 1.807) is 25.3 Å². The van der Waals surface area contributed by atoms with Crippen LogP contribution >= 0.6 is 27.3 Å². The van der Waals surface area contributed by atoms with Crippen molar-refractivity contribution in [3.05, 3.63) is 15.9 Å². The number of rotatable bonds is 5. The average Bonchev–Trinajstić information content (AvgIpc) is 2.63. The fourth-order valence-corrected chi connectivity index (χ4v) is 4.45. The molecular weight excluding hydrogens is 314 g/mol. The third-order valence-corrected chi connectivity index (χ3v) is 6.30. The molecule has 7 heteroatoms. The molecule has 0 saturated carbocycles. The topological polar surface area (TPSA) is 66.4 Å². The molecule has 1 rings (SSSR count). The molecule has 1 atom stereocenters. The van der Waals surface area contributed by atoms with Gasteiger partial charge in [-0.15, -0.1) is 11.3 Å². The summed E-state index contributed by atoms with van der Waals surface area (Å²) in [7, 11) is -3.53. The van der Waals surface area contributed by atoms with E-state index in [1.165, 1.54) is 0 Å². The van der Waals surface area contributed by atoms with Gasteiger partial charge in [0.05, 0.1) is 5.60 Å². The summed E-state index contributed by atoms with van der Waals surface area (Å²) in [5.74, 6) is 0. The fourth-order valence-electron chi connectivity index (χ4n) is 0.913. The third-order valence-electron chi connectivity index (χ3n) is 2.23. The van der Waals surface area contributed by atoms with Crippen LogP contribution in [0.25, 0.3) is 0 Å². The normalized spacial score (nSPS) is 16.0. The Morgan fingerprint density at radius 3 is 2.69 bits per heavy atom. The quantitative estimate of drug-likeness (QED) is 0.868. The number of thiophene rings is 1. The van der Waals surface area contributed by atoms with Gasteiger partial charge in [0.25, 0.3) is 10.0 Å². The van der Waals surface area contributed by atoms with Gasteiger partial charge >= 0.3 is 0 Å². The van der Waals surface area contributed by atoms with E-state index in [0.29, 0.717) is 10.9 Å². The lowest BCUT2D eigenvalue weighted by molar-refractivity contribution is 0.0613. The number of nitrogens with one attached hydrogen (secondary N) is 1. The molecule has 92 valence electrons. The summed E-state index contributed by atoms with van der Waals surface area (Å²) in [5.41, 5.74) is -1.02. The van der Waals surface area contributed by atoms with Crippen molar-refractivity contribution in [2.45, 2.75) is 30.1 Å². The largest absolute Gasteiger partial charge is 0.389 e. The first-order chi connectivity index (χ1) is 7.28. The highest BCUT2D eigenvalue weighted by Gasteiger charge is 2.24. The van der Waals surface area contributed by atoms with Gasteiger partial charge in [0.15, 0.2) is 0 Å². The highest BCUT2D eigenvalue weighted by molar-refractivity contribution is 9.10. The van der Waals surface area contributed by atoms with Crippen molar-refractivity contribution in [2.75, 3.05) is 6.54 Å². The van der Waals surface area contributed by atoms with Crippen LogP contribution in [0.3, 0.4) is 0 Å². The van der Waals surface area contributed by atoms with Crippen LogP contribution in [0.15, 0.2) is 20.1 Å². The third kappa shape index (κ3) is 3.53. The average molecular weight is 328 g/mol. The summed E-state index contributed by atoms with van der Waals surface area (Å²) < 4.78 is 26.8. The SMILES string of the molecule is CCC(C)(O)CNS(=O)(=O)c1sccc1Br. The molecule has 1 aromatic rings. The van der Waals surface area contributed by atoms with Crippen LogP contribution in [0.5, 0.6) is 0 Å². The zero-order valence-corrected chi connectivity index (χ0v) is 12.2. The Hall–Kier alpha value is 0.0500. The molecule has 0 aromatic carbocycles. The van der Waals surface area contributed by atoms with Crippen LogP contribution in [0.1, 0.15) is 20.3 Å². The summed E-state index contributed by atoms with van der Waals surface area (Å²) in [6.45, 7) is 3.41. The van der Waals surface area contributed by atoms with E-state index in [0.717, 1.165) is 11.3 Å². The molecule has 0 saturated heterocycles. The molecule has 1 unspecified atom stereocenters. The van der Waals surface area contributed by atoms with E-state index in [1.807, 2.05) is 0 Å². The Morgan fingerprint density at radius 1 is 1.62 bits per heavy atom. The molecule has 0 aliphatic rings. The molecule has 2 N–H and O–H groups in total. The molecule has 4 nitrogen and oxygen atoms in total. The minimum absolute atomic E-state index is 0.0101. The van der Waals surface area contributed by atoms with E-state index in [4.69, 9.17) is 0 Å². The highest BCUT2D eigenvalue weighted by Crippen LogP contribution is 2.27. The molecule has 0 amide bonds. The van der Waals surface area contributed by atoms with Gasteiger partial charge in [0.1, 0.15) is 4.21 Å². The van der Waals surface area contributed by atoms with Gasteiger partial charge in [-0.3, -0.25) is 0 Å². The lowest BCUT2D eigenvalue weighted by Gasteiger charge is -2.21. The molecule has 0 aliphatic carbocycles. The predicted molar refractivity (Wildman–Crippen MR) is 68.1 cm³/mol. The molecule has 0 spiro atoms. The molecule has 0 fully saturated rings. The maximum absolute atomic E-state index is 11.8. The van der Waals surface area contributed by atoms with Crippen molar-refractivity contribution in [3.8, 4) is 0 Å². The molecule has 0 aliphatic heterocycles. The van der Waals surface area contributed by atoms with Crippen molar-refractivity contribution in [1.82, 2.24) is 4.72 Å². The maximum atomic E-state index is 11.8. The standard InChI is InChI=1S/C9H14BrNO3S2/c1-3-9(2,12)6-11-16(13,14)8-7(10)4-5-15-8/h4-5,11-12H,3,6H2,1-2H3. The second kappa shape index (κ2) is 5.14. The second-order valence-corrected chi connectivity index (χ2v) is 7.46. The van der Waals surface area contributed by atoms with E-state index in [-0.39, 0.29) is 10.8 Å². The van der Waals surface area contributed by atoms with Gasteiger partial charge in [-0.05, 0) is 40.7 Å². The monoisotopic (exact) mass is 327 g/mol. The van der Waals surface area contributed by atoms with Crippen molar-refractivity contribution < 1.29 is 13.5 Å². The molecule has 0 bridgehead atoms. The Kier molecular flexibility index (Phi) is 4.53. The van der Waals surface area contributed by atoms with Crippen LogP contribution in [-0.4, -0.2) is 25.7 Å². The number of aliphatic hydroxyl groups is 1. The Balaban J connectivity index is 2.79. The van der Waals surface area contributed by atoms with Crippen LogP contribution in [-0.2, 0) is 10.0 Å². The zero-order valence-electron chi connectivity index (χ0n) is 9.03. The summed E-state index contributed by atoms with van der Waals surface area (Å²) >= 11 is 4.30. The molecule has 16 heavy (non-hydrogen) atoms. The molecular formula is C9H14BrNO3S2. The van der Waals surface area contributed by atoms with E-state index >= 15 is 0 Å². The van der Waals surface area contributed by atoms with Gasteiger partial charge < -0.3 is 5.11 Å². The van der Waals surface area contributed by atoms with Gasteiger partial charge in [-0.2, -0.15) is 0 Å². The minimum atomic E-state index is -3.53. The predicted octanol–water partition coefficient (Wildman–Crippen LogP) is 1.95. The first-order valence-corrected chi connectivity index (χ1v) is 7.89. The van der Waals surface area contributed by atoms with Crippen molar-refractivity contribution in [3.63, 3.8) is 0 Å². The molecule has 1 aromatic heterocycles. The van der Waals surface area contributed by atoms with E-state index < -0.39 is 15.6 Å². The first-order valence-electron chi connectivity index (χ1n) is 4.73. The van der Waals surface area contributed by atoms with Crippen molar-refractivity contribution in [2.24, 2.45) is 0 Å². The summed E-state index contributed by atoms with van der Waals surface area (Å²) in [4.78, 5) is 0. The Labute approximate surface area is 108 Å². The summed E-state index contributed by atoms with van der Waals surface area (Å²) in [5, 5.41) is 11.4. The molecule has 0 radical (unpaired) electrons. The van der Waals surface area contributed by atoms with Crippen molar-refractivity contribution in [1.29, 1.82) is 0 Å². The lowest BCUT2D eigenvalue weighted by Crippen LogP contribution is -2.39. The van der Waals surface area contributed by atoms with Gasteiger partial charge in [0.2, 0.25) is 0 Å². The van der Waals surface area contributed by atoms with Crippen molar-refractivity contribution >= 4 is 37.3 Å². The van der Waals surface area contributed by atoms with E-state index in [2.05, 4.69) is 20.7 Å². The number of halogens is 1. The van der Waals surface area contributed by atoms with Gasteiger partial charge in [0, 0.05) is 11.0 Å². The smallest absolute Gasteiger partial charge is 0.251 e. The number of sulfonamides is 1. The second-order valence-electron chi connectivity index (χ2n) is 3.73. The maximum Gasteiger partial charge on any atom is 0.251 e. The zero-order chi connectivity index (χ0) is 12.4. The molecule has 1 heterocycles. The minimum Gasteiger partial charge on any atom is -0.389 e. The van der Waals surface area contributed by atoms with E-state index in [9.17, 15) is 13.5 Å².